The second kappa shape index (κ2) is 9.38. The van der Waals surface area contributed by atoms with E-state index < -0.39 is 0 Å². The molecule has 0 bridgehead atoms. The van der Waals surface area contributed by atoms with Crippen molar-refractivity contribution in [2.75, 3.05) is 13.2 Å². The van der Waals surface area contributed by atoms with Crippen LogP contribution in [0.25, 0.3) is 0 Å². The first-order valence-electron chi connectivity index (χ1n) is 8.32. The van der Waals surface area contributed by atoms with Crippen LogP contribution in [0.5, 0.6) is 5.75 Å². The second-order valence-electron chi connectivity index (χ2n) is 5.96. The molecule has 24 heavy (non-hydrogen) atoms. The zero-order valence-corrected chi connectivity index (χ0v) is 15.4. The van der Waals surface area contributed by atoms with E-state index in [9.17, 15) is 4.79 Å². The van der Waals surface area contributed by atoms with Crippen molar-refractivity contribution in [2.45, 2.75) is 31.4 Å². The Morgan fingerprint density at radius 3 is 2.58 bits per heavy atom. The van der Waals surface area contributed by atoms with E-state index in [2.05, 4.69) is 31.3 Å². The molecule has 0 radical (unpaired) electrons. The first-order valence-corrected chi connectivity index (χ1v) is 9.30. The van der Waals surface area contributed by atoms with Crippen LogP contribution in [0.4, 0.5) is 0 Å². The third-order valence-corrected chi connectivity index (χ3v) is 4.49. The molecule has 4 heteroatoms. The van der Waals surface area contributed by atoms with Gasteiger partial charge in [0.25, 0.3) is 5.91 Å². The maximum atomic E-state index is 12.3. The van der Waals surface area contributed by atoms with Crippen molar-refractivity contribution in [1.82, 2.24) is 5.32 Å². The van der Waals surface area contributed by atoms with Gasteiger partial charge < -0.3 is 10.1 Å². The number of hydrogen-bond donors (Lipinski definition) is 1. The predicted octanol–water partition coefficient (Wildman–Crippen LogP) is 4.76. The number of ether oxygens (including phenoxy) is 1. The van der Waals surface area contributed by atoms with Gasteiger partial charge in [0.05, 0.1) is 6.61 Å². The Morgan fingerprint density at radius 2 is 1.92 bits per heavy atom. The van der Waals surface area contributed by atoms with Crippen LogP contribution in [0.1, 0.15) is 36.7 Å². The fourth-order valence-corrected chi connectivity index (χ4v) is 3.10. The zero-order chi connectivity index (χ0) is 17.4. The van der Waals surface area contributed by atoms with Crippen molar-refractivity contribution >= 4 is 17.7 Å². The van der Waals surface area contributed by atoms with E-state index in [1.807, 2.05) is 43.3 Å². The van der Waals surface area contributed by atoms with Gasteiger partial charge in [-0.3, -0.25) is 4.79 Å². The van der Waals surface area contributed by atoms with Gasteiger partial charge in [0.2, 0.25) is 0 Å². The minimum atomic E-state index is -0.0299. The van der Waals surface area contributed by atoms with Crippen LogP contribution in [0, 0.1) is 5.92 Å². The highest BCUT2D eigenvalue weighted by Gasteiger charge is 2.11. The number of carbonyl (C=O) groups excluding carboxylic acids is 1. The van der Waals surface area contributed by atoms with Crippen molar-refractivity contribution in [1.29, 1.82) is 0 Å². The summed E-state index contributed by atoms with van der Waals surface area (Å²) < 4.78 is 5.71. The average molecular weight is 343 g/mol. The highest BCUT2D eigenvalue weighted by molar-refractivity contribution is 7.98. The van der Waals surface area contributed by atoms with Crippen molar-refractivity contribution < 1.29 is 9.53 Å². The van der Waals surface area contributed by atoms with Gasteiger partial charge in [0.15, 0.2) is 0 Å². The number of carbonyl (C=O) groups is 1. The summed E-state index contributed by atoms with van der Waals surface area (Å²) in [5, 5.41) is 2.96. The Morgan fingerprint density at radius 1 is 1.17 bits per heavy atom. The van der Waals surface area contributed by atoms with Crippen molar-refractivity contribution in [3.63, 3.8) is 0 Å². The molecule has 0 saturated heterocycles. The van der Waals surface area contributed by atoms with Crippen molar-refractivity contribution in [3.8, 4) is 5.75 Å². The van der Waals surface area contributed by atoms with Gasteiger partial charge >= 0.3 is 0 Å². The maximum Gasteiger partial charge on any atom is 0.251 e. The highest BCUT2D eigenvalue weighted by atomic mass is 32.2. The summed E-state index contributed by atoms with van der Waals surface area (Å²) in [6, 6.07) is 15.9. The van der Waals surface area contributed by atoms with Gasteiger partial charge in [0, 0.05) is 28.3 Å². The van der Waals surface area contributed by atoms with Gasteiger partial charge in [-0.05, 0) is 43.2 Å². The predicted molar refractivity (Wildman–Crippen MR) is 101 cm³/mol. The van der Waals surface area contributed by atoms with Crippen molar-refractivity contribution in [2.24, 2.45) is 5.92 Å². The molecule has 3 nitrogen and oxygen atoms in total. The van der Waals surface area contributed by atoms with E-state index in [1.165, 1.54) is 4.90 Å². The topological polar surface area (TPSA) is 38.3 Å². The van der Waals surface area contributed by atoms with Gasteiger partial charge in [-0.25, -0.2) is 0 Å². The molecule has 0 fully saturated rings. The molecule has 0 atom stereocenters. The van der Waals surface area contributed by atoms with E-state index in [0.717, 1.165) is 17.1 Å². The van der Waals surface area contributed by atoms with Gasteiger partial charge in [-0.2, -0.15) is 0 Å². The van der Waals surface area contributed by atoms with Gasteiger partial charge in [-0.15, -0.1) is 11.8 Å². The lowest BCUT2D eigenvalue weighted by molar-refractivity contribution is 0.0949. The zero-order valence-electron chi connectivity index (χ0n) is 14.5. The molecule has 0 spiro atoms. The Kier molecular flexibility index (Phi) is 7.19. The summed E-state index contributed by atoms with van der Waals surface area (Å²) in [4.78, 5) is 13.5. The number of hydrogen-bond acceptors (Lipinski definition) is 3. The smallest absolute Gasteiger partial charge is 0.251 e. The minimum absolute atomic E-state index is 0.0299. The first kappa shape index (κ1) is 18.4. The van der Waals surface area contributed by atoms with Crippen LogP contribution in [0.2, 0.25) is 0 Å². The monoisotopic (exact) mass is 343 g/mol. The number of thioether (sulfide) groups is 1. The normalized spacial score (nSPS) is 10.7. The summed E-state index contributed by atoms with van der Waals surface area (Å²) in [6.45, 7) is 7.43. The molecule has 0 aliphatic carbocycles. The highest BCUT2D eigenvalue weighted by Crippen LogP contribution is 2.29. The second-order valence-corrected chi connectivity index (χ2v) is 7.01. The summed E-state index contributed by atoms with van der Waals surface area (Å²) in [7, 11) is 0. The van der Waals surface area contributed by atoms with Crippen LogP contribution in [0.3, 0.4) is 0 Å². The first-order chi connectivity index (χ1) is 11.6. The number of rotatable bonds is 8. The molecule has 0 aromatic heterocycles. The van der Waals surface area contributed by atoms with Crippen LogP contribution in [-0.4, -0.2) is 19.1 Å². The summed E-state index contributed by atoms with van der Waals surface area (Å²) in [5.41, 5.74) is 1.73. The third-order valence-electron chi connectivity index (χ3n) is 3.43. The standard InChI is InChI=1S/C20H25NO2S/c1-4-23-19-11-10-16(20(22)21-13-15(2)3)12-17(19)14-24-18-8-6-5-7-9-18/h5-12,15H,4,13-14H2,1-3H3,(H,21,22). The maximum absolute atomic E-state index is 12.3. The lowest BCUT2D eigenvalue weighted by atomic mass is 10.1. The molecule has 0 aliphatic rings. The molecular weight excluding hydrogens is 318 g/mol. The lowest BCUT2D eigenvalue weighted by Crippen LogP contribution is -2.27. The fourth-order valence-electron chi connectivity index (χ4n) is 2.21. The average Bonchev–Trinajstić information content (AvgIpc) is 2.60. The molecule has 2 aromatic rings. The molecule has 0 unspecified atom stereocenters. The number of benzene rings is 2. The van der Waals surface area contributed by atoms with Crippen LogP contribution < -0.4 is 10.1 Å². The van der Waals surface area contributed by atoms with E-state index in [-0.39, 0.29) is 5.91 Å². The largest absolute Gasteiger partial charge is 0.494 e. The van der Waals surface area contributed by atoms with Crippen LogP contribution >= 0.6 is 11.8 Å². The molecule has 1 amide bonds. The minimum Gasteiger partial charge on any atom is -0.494 e. The Hall–Kier alpha value is -1.94. The Labute approximate surface area is 148 Å². The molecule has 0 aliphatic heterocycles. The van der Waals surface area contributed by atoms with Gasteiger partial charge in [0.1, 0.15) is 5.75 Å². The molecule has 2 aromatic carbocycles. The molecular formula is C20H25NO2S. The van der Waals surface area contributed by atoms with E-state index in [1.54, 1.807) is 11.8 Å². The molecule has 2 rings (SSSR count). The molecule has 0 saturated carbocycles. The van der Waals surface area contributed by atoms with E-state index in [0.29, 0.717) is 24.6 Å². The van der Waals surface area contributed by atoms with Crippen LogP contribution in [0.15, 0.2) is 53.4 Å². The summed E-state index contributed by atoms with van der Waals surface area (Å²) in [6.07, 6.45) is 0. The number of nitrogens with one attached hydrogen (secondary N) is 1. The summed E-state index contributed by atoms with van der Waals surface area (Å²) in [5.74, 6) is 2.02. The molecule has 128 valence electrons. The van der Waals surface area contributed by atoms with E-state index >= 15 is 0 Å². The van der Waals surface area contributed by atoms with Crippen molar-refractivity contribution in [3.05, 3.63) is 59.7 Å². The number of amides is 1. The van der Waals surface area contributed by atoms with Gasteiger partial charge in [-0.1, -0.05) is 32.0 Å². The molecule has 1 N–H and O–H groups in total. The van der Waals surface area contributed by atoms with E-state index in [4.69, 9.17) is 4.74 Å². The quantitative estimate of drug-likeness (QED) is 0.702. The third kappa shape index (κ3) is 5.60. The fraction of sp³-hybridized carbons (Fsp3) is 0.350. The Balaban J connectivity index is 2.13. The SMILES string of the molecule is CCOc1ccc(C(=O)NCC(C)C)cc1CSc1ccccc1. The lowest BCUT2D eigenvalue weighted by Gasteiger charge is -2.13. The molecule has 0 heterocycles. The van der Waals surface area contributed by atoms with Crippen LogP contribution in [-0.2, 0) is 5.75 Å². The Bertz CT molecular complexity index is 656. The summed E-state index contributed by atoms with van der Waals surface area (Å²) >= 11 is 1.74.